The lowest BCUT2D eigenvalue weighted by Crippen LogP contribution is -2.22. The maximum absolute atomic E-state index is 12.0. The number of hydrogen-bond donors (Lipinski definition) is 0. The third kappa shape index (κ3) is 2.64. The molecular weight excluding hydrogens is 256 g/mol. The average Bonchev–Trinajstić information content (AvgIpc) is 2.49. The highest BCUT2D eigenvalue weighted by atomic mass is 16.5. The number of aromatic nitrogens is 1. The van der Waals surface area contributed by atoms with Gasteiger partial charge in [-0.05, 0) is 29.8 Å². The van der Waals surface area contributed by atoms with Gasteiger partial charge >= 0.3 is 0 Å². The normalized spacial score (nSPS) is 9.85. The number of benzene rings is 1. The number of ether oxygens (including phenoxy) is 2. The van der Waals surface area contributed by atoms with Crippen LogP contribution in [0.1, 0.15) is 11.1 Å². The largest absolute Gasteiger partial charge is 0.493 e. The fraction of sp³-hybridized carbons (Fsp3) is 0.200. The van der Waals surface area contributed by atoms with Gasteiger partial charge in [-0.1, -0.05) is 6.07 Å². The van der Waals surface area contributed by atoms with Crippen molar-refractivity contribution in [2.45, 2.75) is 6.54 Å². The van der Waals surface area contributed by atoms with E-state index in [0.29, 0.717) is 18.0 Å². The van der Waals surface area contributed by atoms with E-state index in [1.807, 2.05) is 18.2 Å². The topological polar surface area (TPSA) is 64.2 Å². The second-order valence-electron chi connectivity index (χ2n) is 4.16. The Hall–Kier alpha value is -2.74. The summed E-state index contributed by atoms with van der Waals surface area (Å²) >= 11 is 0. The van der Waals surface area contributed by atoms with Crippen LogP contribution >= 0.6 is 0 Å². The van der Waals surface area contributed by atoms with Gasteiger partial charge in [0.25, 0.3) is 5.56 Å². The third-order valence-corrected chi connectivity index (χ3v) is 2.94. The summed E-state index contributed by atoms with van der Waals surface area (Å²) in [6.07, 6.45) is 1.65. The Morgan fingerprint density at radius 2 is 1.95 bits per heavy atom. The zero-order chi connectivity index (χ0) is 14.5. The molecule has 2 aromatic rings. The Morgan fingerprint density at radius 3 is 2.60 bits per heavy atom. The highest BCUT2D eigenvalue weighted by Crippen LogP contribution is 2.27. The van der Waals surface area contributed by atoms with E-state index >= 15 is 0 Å². The van der Waals surface area contributed by atoms with Gasteiger partial charge < -0.3 is 14.0 Å². The lowest BCUT2D eigenvalue weighted by molar-refractivity contribution is 0.354. The SMILES string of the molecule is COc1ccc(Cn2cccc(C#N)c2=O)cc1OC. The van der Waals surface area contributed by atoms with E-state index in [9.17, 15) is 4.79 Å². The van der Waals surface area contributed by atoms with Crippen molar-refractivity contribution in [1.82, 2.24) is 4.57 Å². The molecule has 0 radical (unpaired) electrons. The Balaban J connectivity index is 2.36. The maximum atomic E-state index is 12.0. The smallest absolute Gasteiger partial charge is 0.268 e. The van der Waals surface area contributed by atoms with Gasteiger partial charge in [0.2, 0.25) is 0 Å². The van der Waals surface area contributed by atoms with Gasteiger partial charge in [0, 0.05) is 6.20 Å². The minimum atomic E-state index is -0.301. The van der Waals surface area contributed by atoms with Gasteiger partial charge in [-0.3, -0.25) is 4.79 Å². The molecule has 0 atom stereocenters. The summed E-state index contributed by atoms with van der Waals surface area (Å²) in [5.74, 6) is 1.24. The maximum Gasteiger partial charge on any atom is 0.268 e. The van der Waals surface area contributed by atoms with E-state index in [-0.39, 0.29) is 11.1 Å². The van der Waals surface area contributed by atoms with E-state index in [2.05, 4.69) is 0 Å². The number of methoxy groups -OCH3 is 2. The van der Waals surface area contributed by atoms with Crippen molar-refractivity contribution in [1.29, 1.82) is 5.26 Å². The van der Waals surface area contributed by atoms with E-state index in [4.69, 9.17) is 14.7 Å². The van der Waals surface area contributed by atoms with Gasteiger partial charge in [-0.2, -0.15) is 5.26 Å². The van der Waals surface area contributed by atoms with Crippen molar-refractivity contribution in [3.05, 3.63) is 58.0 Å². The Morgan fingerprint density at radius 1 is 1.20 bits per heavy atom. The van der Waals surface area contributed by atoms with Crippen molar-refractivity contribution in [3.8, 4) is 17.6 Å². The first kappa shape index (κ1) is 13.7. The fourth-order valence-corrected chi connectivity index (χ4v) is 1.92. The van der Waals surface area contributed by atoms with Crippen molar-refractivity contribution < 1.29 is 9.47 Å². The van der Waals surface area contributed by atoms with Crippen LogP contribution in [-0.4, -0.2) is 18.8 Å². The molecule has 2 rings (SSSR count). The van der Waals surface area contributed by atoms with Crippen molar-refractivity contribution in [2.24, 2.45) is 0 Å². The van der Waals surface area contributed by atoms with Gasteiger partial charge in [0.05, 0.1) is 20.8 Å². The first-order chi connectivity index (χ1) is 9.69. The van der Waals surface area contributed by atoms with Crippen LogP contribution in [0.5, 0.6) is 11.5 Å². The van der Waals surface area contributed by atoms with Crippen LogP contribution in [0.3, 0.4) is 0 Å². The van der Waals surface area contributed by atoms with Gasteiger partial charge in [-0.15, -0.1) is 0 Å². The number of hydrogen-bond acceptors (Lipinski definition) is 4. The molecule has 20 heavy (non-hydrogen) atoms. The number of rotatable bonds is 4. The Labute approximate surface area is 116 Å². The monoisotopic (exact) mass is 270 g/mol. The molecule has 0 unspecified atom stereocenters. The van der Waals surface area contributed by atoms with Gasteiger partial charge in [-0.25, -0.2) is 0 Å². The number of nitrogens with zero attached hydrogens (tertiary/aromatic N) is 2. The molecule has 0 bridgehead atoms. The van der Waals surface area contributed by atoms with Crippen molar-refractivity contribution in [2.75, 3.05) is 14.2 Å². The van der Waals surface area contributed by atoms with Crippen LogP contribution in [0.25, 0.3) is 0 Å². The minimum Gasteiger partial charge on any atom is -0.493 e. The molecule has 5 nitrogen and oxygen atoms in total. The van der Waals surface area contributed by atoms with E-state index < -0.39 is 0 Å². The van der Waals surface area contributed by atoms with Crippen LogP contribution in [0, 0.1) is 11.3 Å². The van der Waals surface area contributed by atoms with Crippen molar-refractivity contribution in [3.63, 3.8) is 0 Å². The zero-order valence-electron chi connectivity index (χ0n) is 11.3. The molecule has 0 saturated heterocycles. The molecule has 0 N–H and O–H groups in total. The molecule has 0 aliphatic heterocycles. The second-order valence-corrected chi connectivity index (χ2v) is 4.16. The summed E-state index contributed by atoms with van der Waals surface area (Å²) in [5, 5.41) is 8.86. The van der Waals surface area contributed by atoms with Crippen LogP contribution in [0.4, 0.5) is 0 Å². The third-order valence-electron chi connectivity index (χ3n) is 2.94. The molecule has 0 fully saturated rings. The Bertz CT molecular complexity index is 714. The second kappa shape index (κ2) is 5.93. The first-order valence-electron chi connectivity index (χ1n) is 6.00. The summed E-state index contributed by atoms with van der Waals surface area (Å²) in [4.78, 5) is 12.0. The standard InChI is InChI=1S/C15H14N2O3/c1-19-13-6-5-11(8-14(13)20-2)10-17-7-3-4-12(9-16)15(17)18/h3-8H,10H2,1-2H3. The highest BCUT2D eigenvalue weighted by molar-refractivity contribution is 5.43. The van der Waals surface area contributed by atoms with E-state index in [1.165, 1.54) is 10.6 Å². The zero-order valence-corrected chi connectivity index (χ0v) is 11.3. The number of nitriles is 1. The van der Waals surface area contributed by atoms with Crippen molar-refractivity contribution >= 4 is 0 Å². The predicted molar refractivity (Wildman–Crippen MR) is 74.1 cm³/mol. The summed E-state index contributed by atoms with van der Waals surface area (Å²) in [6.45, 7) is 0.370. The molecule has 0 saturated carbocycles. The Kier molecular flexibility index (Phi) is 4.06. The lowest BCUT2D eigenvalue weighted by Gasteiger charge is -2.10. The van der Waals surface area contributed by atoms with E-state index in [0.717, 1.165) is 5.56 Å². The quantitative estimate of drug-likeness (QED) is 0.849. The van der Waals surface area contributed by atoms with E-state index in [1.54, 1.807) is 32.5 Å². The van der Waals surface area contributed by atoms with Gasteiger partial charge in [0.15, 0.2) is 11.5 Å². The molecule has 1 aromatic heterocycles. The predicted octanol–water partition coefficient (Wildman–Crippen LogP) is 1.79. The summed E-state index contributed by atoms with van der Waals surface area (Å²) in [5.41, 5.74) is 0.720. The summed E-state index contributed by atoms with van der Waals surface area (Å²) in [7, 11) is 3.13. The van der Waals surface area contributed by atoms with Crippen LogP contribution in [-0.2, 0) is 6.54 Å². The van der Waals surface area contributed by atoms with Gasteiger partial charge in [0.1, 0.15) is 11.6 Å². The van der Waals surface area contributed by atoms with Crippen LogP contribution in [0.15, 0.2) is 41.3 Å². The number of pyridine rings is 1. The van der Waals surface area contributed by atoms with Crippen LogP contribution in [0.2, 0.25) is 0 Å². The average molecular weight is 270 g/mol. The molecule has 0 aliphatic rings. The molecule has 0 aliphatic carbocycles. The van der Waals surface area contributed by atoms with Crippen LogP contribution < -0.4 is 15.0 Å². The fourth-order valence-electron chi connectivity index (χ4n) is 1.92. The molecule has 5 heteroatoms. The molecule has 0 amide bonds. The molecular formula is C15H14N2O3. The molecule has 102 valence electrons. The molecule has 0 spiro atoms. The molecule has 1 heterocycles. The first-order valence-corrected chi connectivity index (χ1v) is 6.00. The minimum absolute atomic E-state index is 0.132. The molecule has 1 aromatic carbocycles. The summed E-state index contributed by atoms with van der Waals surface area (Å²) in [6, 6.07) is 10.5. The highest BCUT2D eigenvalue weighted by Gasteiger charge is 2.07. The lowest BCUT2D eigenvalue weighted by atomic mass is 10.2. The summed E-state index contributed by atoms with van der Waals surface area (Å²) < 4.78 is 11.9.